The molecule has 0 aliphatic rings. The number of hydrogen-bond donors (Lipinski definition) is 1. The quantitative estimate of drug-likeness (QED) is 0.651. The normalized spacial score (nSPS) is 10.8. The zero-order chi connectivity index (χ0) is 20.7. The first-order chi connectivity index (χ1) is 13.3. The van der Waals surface area contributed by atoms with Gasteiger partial charge in [-0.3, -0.25) is 9.69 Å². The largest absolute Gasteiger partial charge is 0.496 e. The van der Waals surface area contributed by atoms with Crippen LogP contribution in [0.4, 0.5) is 5.69 Å². The van der Waals surface area contributed by atoms with Crippen molar-refractivity contribution in [2.45, 2.75) is 13.5 Å². The van der Waals surface area contributed by atoms with Gasteiger partial charge in [-0.2, -0.15) is 0 Å². The third kappa shape index (κ3) is 6.03. The number of rotatable bonds is 9. The van der Waals surface area contributed by atoms with Crippen LogP contribution in [0.2, 0.25) is 10.0 Å². The second-order valence-corrected chi connectivity index (χ2v) is 7.49. The number of halogens is 2. The zero-order valence-electron chi connectivity index (χ0n) is 16.8. The molecule has 2 aromatic carbocycles. The summed E-state index contributed by atoms with van der Waals surface area (Å²) in [5.74, 6) is 0.297. The van der Waals surface area contributed by atoms with Crippen LogP contribution >= 0.6 is 23.2 Å². The number of methoxy groups -OCH3 is 1. The van der Waals surface area contributed by atoms with E-state index < -0.39 is 0 Å². The third-order valence-electron chi connectivity index (χ3n) is 4.48. The maximum atomic E-state index is 12.6. The summed E-state index contributed by atoms with van der Waals surface area (Å²) >= 11 is 12.2. The monoisotopic (exact) mass is 423 g/mol. The minimum absolute atomic E-state index is 0.202. The molecule has 7 heteroatoms. The Bertz CT molecular complexity index is 795. The molecule has 0 aliphatic carbocycles. The second-order valence-electron chi connectivity index (χ2n) is 6.65. The van der Waals surface area contributed by atoms with Gasteiger partial charge >= 0.3 is 0 Å². The summed E-state index contributed by atoms with van der Waals surface area (Å²) in [5.41, 5.74) is 2.42. The van der Waals surface area contributed by atoms with E-state index >= 15 is 0 Å². The van der Waals surface area contributed by atoms with Crippen molar-refractivity contribution < 1.29 is 9.53 Å². The van der Waals surface area contributed by atoms with Crippen LogP contribution in [0, 0.1) is 0 Å². The fraction of sp³-hybridized carbons (Fsp3) is 0.381. The highest BCUT2D eigenvalue weighted by molar-refractivity contribution is 6.33. The van der Waals surface area contributed by atoms with Gasteiger partial charge in [-0.05, 0) is 30.3 Å². The molecule has 0 saturated carbocycles. The number of carbonyl (C=O) groups excluding carboxylic acids is 1. The number of anilines is 1. The summed E-state index contributed by atoms with van der Waals surface area (Å²) in [6, 6.07) is 11.2. The van der Waals surface area contributed by atoms with Gasteiger partial charge in [0.2, 0.25) is 0 Å². The molecular formula is C21H27Cl2N3O2. The molecule has 1 amide bonds. The van der Waals surface area contributed by atoms with Crippen LogP contribution in [0.5, 0.6) is 5.75 Å². The van der Waals surface area contributed by atoms with Crippen molar-refractivity contribution in [3.05, 3.63) is 57.6 Å². The lowest BCUT2D eigenvalue weighted by Gasteiger charge is -2.21. The molecule has 0 bridgehead atoms. The number of hydrogen-bond acceptors (Lipinski definition) is 4. The SMILES string of the molecule is CCN(CCNC(=O)c1cc(Cl)c(N(C)C)cc1OC)Cc1ccc(Cl)cc1. The molecule has 2 rings (SSSR count). The number of ether oxygens (including phenoxy) is 1. The van der Waals surface area contributed by atoms with E-state index in [-0.39, 0.29) is 5.91 Å². The van der Waals surface area contributed by atoms with Crippen LogP contribution in [-0.4, -0.2) is 51.6 Å². The Morgan fingerprint density at radius 3 is 2.39 bits per heavy atom. The van der Waals surface area contributed by atoms with Gasteiger partial charge in [-0.25, -0.2) is 0 Å². The van der Waals surface area contributed by atoms with Crippen LogP contribution in [0.15, 0.2) is 36.4 Å². The smallest absolute Gasteiger partial charge is 0.255 e. The average Bonchev–Trinajstić information content (AvgIpc) is 2.68. The zero-order valence-corrected chi connectivity index (χ0v) is 18.3. The van der Waals surface area contributed by atoms with Crippen molar-refractivity contribution in [2.24, 2.45) is 0 Å². The molecule has 0 unspecified atom stereocenters. The van der Waals surface area contributed by atoms with Crippen LogP contribution in [-0.2, 0) is 6.54 Å². The molecule has 0 spiro atoms. The fourth-order valence-corrected chi connectivity index (χ4v) is 3.31. The Kier molecular flexibility index (Phi) is 8.42. The molecule has 0 aliphatic heterocycles. The third-order valence-corrected chi connectivity index (χ3v) is 5.03. The van der Waals surface area contributed by atoms with E-state index in [0.29, 0.717) is 22.9 Å². The Hall–Kier alpha value is -1.95. The van der Waals surface area contributed by atoms with Crippen LogP contribution < -0.4 is 15.0 Å². The van der Waals surface area contributed by atoms with Crippen LogP contribution in [0.25, 0.3) is 0 Å². The summed E-state index contributed by atoms with van der Waals surface area (Å²) in [6.07, 6.45) is 0. The number of amides is 1. The first-order valence-corrected chi connectivity index (χ1v) is 9.91. The predicted molar refractivity (Wildman–Crippen MR) is 117 cm³/mol. The van der Waals surface area contributed by atoms with Gasteiger partial charge < -0.3 is 15.0 Å². The van der Waals surface area contributed by atoms with Crippen LogP contribution in [0.1, 0.15) is 22.8 Å². The van der Waals surface area contributed by atoms with Gasteiger partial charge in [0.15, 0.2) is 0 Å². The Balaban J connectivity index is 1.97. The van der Waals surface area contributed by atoms with E-state index in [2.05, 4.69) is 17.1 Å². The highest BCUT2D eigenvalue weighted by atomic mass is 35.5. The molecule has 0 aromatic heterocycles. The van der Waals surface area contributed by atoms with E-state index in [1.54, 1.807) is 19.2 Å². The van der Waals surface area contributed by atoms with Gasteiger partial charge in [0.25, 0.3) is 5.91 Å². The summed E-state index contributed by atoms with van der Waals surface area (Å²) in [5, 5.41) is 4.19. The van der Waals surface area contributed by atoms with Crippen molar-refractivity contribution in [1.82, 2.24) is 10.2 Å². The average molecular weight is 424 g/mol. The standard InChI is InChI=1S/C21H27Cl2N3O2/c1-5-26(14-15-6-8-16(22)9-7-15)11-10-24-21(27)17-12-18(23)19(25(2)3)13-20(17)28-4/h6-9,12-13H,5,10-11,14H2,1-4H3,(H,24,27). The van der Waals surface area contributed by atoms with Crippen molar-refractivity contribution in [1.29, 1.82) is 0 Å². The molecule has 28 heavy (non-hydrogen) atoms. The molecule has 2 aromatic rings. The van der Waals surface area contributed by atoms with E-state index in [9.17, 15) is 4.79 Å². The first-order valence-electron chi connectivity index (χ1n) is 9.15. The molecule has 1 N–H and O–H groups in total. The van der Waals surface area contributed by atoms with Gasteiger partial charge in [0, 0.05) is 44.8 Å². The Morgan fingerprint density at radius 1 is 1.14 bits per heavy atom. The number of benzene rings is 2. The summed E-state index contributed by atoms with van der Waals surface area (Å²) in [6.45, 7) is 5.04. The molecular weight excluding hydrogens is 397 g/mol. The Morgan fingerprint density at radius 2 is 1.82 bits per heavy atom. The van der Waals surface area contributed by atoms with Gasteiger partial charge in [0.05, 0.1) is 23.4 Å². The van der Waals surface area contributed by atoms with Crippen molar-refractivity contribution in [3.63, 3.8) is 0 Å². The fourth-order valence-electron chi connectivity index (χ4n) is 2.85. The van der Waals surface area contributed by atoms with E-state index in [0.717, 1.165) is 30.3 Å². The lowest BCUT2D eigenvalue weighted by molar-refractivity contribution is 0.0945. The Labute approximate surface area is 177 Å². The summed E-state index contributed by atoms with van der Waals surface area (Å²) in [4.78, 5) is 16.8. The van der Waals surface area contributed by atoms with E-state index in [1.165, 1.54) is 5.56 Å². The van der Waals surface area contributed by atoms with Crippen LogP contribution in [0.3, 0.4) is 0 Å². The molecule has 0 saturated heterocycles. The molecule has 0 radical (unpaired) electrons. The highest BCUT2D eigenvalue weighted by Gasteiger charge is 2.17. The lowest BCUT2D eigenvalue weighted by atomic mass is 10.1. The van der Waals surface area contributed by atoms with Gasteiger partial charge in [0.1, 0.15) is 5.75 Å². The number of likely N-dealkylation sites (N-methyl/N-ethyl adjacent to an activating group) is 1. The number of nitrogens with zero attached hydrogens (tertiary/aromatic N) is 2. The highest BCUT2D eigenvalue weighted by Crippen LogP contribution is 2.32. The minimum Gasteiger partial charge on any atom is -0.496 e. The lowest BCUT2D eigenvalue weighted by Crippen LogP contribution is -2.34. The predicted octanol–water partition coefficient (Wildman–Crippen LogP) is 4.32. The summed E-state index contributed by atoms with van der Waals surface area (Å²) < 4.78 is 5.38. The number of nitrogens with one attached hydrogen (secondary N) is 1. The molecule has 152 valence electrons. The second kappa shape index (κ2) is 10.6. The number of carbonyl (C=O) groups is 1. The maximum absolute atomic E-state index is 12.6. The van der Waals surface area contributed by atoms with Crippen molar-refractivity contribution in [2.75, 3.05) is 45.7 Å². The molecule has 0 atom stereocenters. The first kappa shape index (κ1) is 22.3. The summed E-state index contributed by atoms with van der Waals surface area (Å²) in [7, 11) is 5.32. The van der Waals surface area contributed by atoms with Crippen molar-refractivity contribution in [3.8, 4) is 5.75 Å². The maximum Gasteiger partial charge on any atom is 0.255 e. The van der Waals surface area contributed by atoms with Gasteiger partial charge in [-0.15, -0.1) is 0 Å². The minimum atomic E-state index is -0.202. The molecule has 5 nitrogen and oxygen atoms in total. The topological polar surface area (TPSA) is 44.8 Å². The van der Waals surface area contributed by atoms with Crippen molar-refractivity contribution >= 4 is 34.8 Å². The van der Waals surface area contributed by atoms with Gasteiger partial charge in [-0.1, -0.05) is 42.3 Å². The molecule has 0 fully saturated rings. The molecule has 0 heterocycles. The van der Waals surface area contributed by atoms with E-state index in [1.807, 2.05) is 43.3 Å². The van der Waals surface area contributed by atoms with E-state index in [4.69, 9.17) is 27.9 Å².